The monoisotopic (exact) mass is 410 g/mol. The maximum Gasteiger partial charge on any atom is 0.332 e. The molecule has 3 aromatic rings. The number of nitrogens with zero attached hydrogens (tertiary/aromatic N) is 5. The molecule has 1 N–H and O–H groups in total. The number of halogens is 2. The van der Waals surface area contributed by atoms with Gasteiger partial charge in [-0.25, -0.2) is 9.37 Å². The van der Waals surface area contributed by atoms with Crippen LogP contribution in [-0.4, -0.2) is 59.3 Å². The molecule has 1 aliphatic rings. The van der Waals surface area contributed by atoms with Crippen LogP contribution in [0.4, 0.5) is 26.2 Å². The first-order valence-electron chi connectivity index (χ1n) is 9.49. The third kappa shape index (κ3) is 4.41. The minimum Gasteiger partial charge on any atom is -0.354 e. The molecule has 154 valence electrons. The summed E-state index contributed by atoms with van der Waals surface area (Å²) in [5.41, 5.74) is 1.38. The lowest BCUT2D eigenvalue weighted by Crippen LogP contribution is -2.44. The Hall–Kier alpha value is -3.46. The first-order valence-corrected chi connectivity index (χ1v) is 9.49. The molecule has 1 fully saturated rings. The Morgan fingerprint density at radius 2 is 1.77 bits per heavy atom. The maximum atomic E-state index is 14.4. The molecule has 0 amide bonds. The number of hydrogen-bond acceptors (Lipinski definition) is 7. The number of carbonyl (C=O) groups is 1. The first kappa shape index (κ1) is 19.8. The van der Waals surface area contributed by atoms with Gasteiger partial charge in [0.05, 0.1) is 11.8 Å². The second kappa shape index (κ2) is 8.50. The highest BCUT2D eigenvalue weighted by molar-refractivity contribution is 5.89. The number of likely N-dealkylation sites (N-methyl/N-ethyl adjacent to an activating group) is 1. The van der Waals surface area contributed by atoms with E-state index >= 15 is 0 Å². The molecule has 0 aliphatic carbocycles. The fourth-order valence-corrected chi connectivity index (χ4v) is 3.23. The molecule has 1 saturated heterocycles. The smallest absolute Gasteiger partial charge is 0.332 e. The average Bonchev–Trinajstić information content (AvgIpc) is 2.76. The predicted octanol–water partition coefficient (Wildman–Crippen LogP) is 3.28. The van der Waals surface area contributed by atoms with Crippen LogP contribution in [0.1, 0.15) is 10.4 Å². The van der Waals surface area contributed by atoms with E-state index in [2.05, 4.69) is 37.3 Å². The molecule has 0 spiro atoms. The van der Waals surface area contributed by atoms with E-state index in [9.17, 15) is 13.6 Å². The van der Waals surface area contributed by atoms with Crippen LogP contribution in [0, 0.1) is 5.82 Å². The zero-order valence-corrected chi connectivity index (χ0v) is 16.3. The summed E-state index contributed by atoms with van der Waals surface area (Å²) >= 11 is 0. The van der Waals surface area contributed by atoms with Crippen molar-refractivity contribution in [2.24, 2.45) is 0 Å². The summed E-state index contributed by atoms with van der Waals surface area (Å²) in [5, 5.41) is 10.8. The highest BCUT2D eigenvalue weighted by Gasteiger charge is 2.17. The standard InChI is InChI=1S/C21H20F2N6O/c1-28-8-10-29(11-9-28)19-7-6-17(22)21(26-19)25-18-12-16(13-24-27-18)14-2-4-15(5-3-14)20(23)30/h2-7,12-13H,8-11H2,1H3,(H,25,26,27). The molecule has 0 unspecified atom stereocenters. The molecular formula is C21H20F2N6O. The molecule has 4 rings (SSSR count). The van der Waals surface area contributed by atoms with Gasteiger partial charge in [0.15, 0.2) is 17.5 Å². The highest BCUT2D eigenvalue weighted by atomic mass is 19.1. The van der Waals surface area contributed by atoms with E-state index in [0.29, 0.717) is 17.2 Å². The molecular weight excluding hydrogens is 390 g/mol. The third-order valence-electron chi connectivity index (χ3n) is 5.00. The number of aromatic nitrogens is 3. The van der Waals surface area contributed by atoms with Gasteiger partial charge in [0.1, 0.15) is 5.82 Å². The van der Waals surface area contributed by atoms with Crippen molar-refractivity contribution in [1.29, 1.82) is 0 Å². The average molecular weight is 410 g/mol. The normalized spacial score (nSPS) is 14.6. The fraction of sp³-hybridized carbons (Fsp3) is 0.238. The summed E-state index contributed by atoms with van der Waals surface area (Å²) < 4.78 is 27.1. The molecule has 1 aliphatic heterocycles. The number of carbonyl (C=O) groups excluding carboxylic acids is 1. The van der Waals surface area contributed by atoms with Crippen molar-refractivity contribution in [3.05, 3.63) is 60.0 Å². The zero-order valence-electron chi connectivity index (χ0n) is 16.3. The summed E-state index contributed by atoms with van der Waals surface area (Å²) in [7, 11) is 2.07. The van der Waals surface area contributed by atoms with Crippen LogP contribution in [0.3, 0.4) is 0 Å². The second-order valence-electron chi connectivity index (χ2n) is 7.10. The lowest BCUT2D eigenvalue weighted by atomic mass is 10.1. The van der Waals surface area contributed by atoms with Crippen molar-refractivity contribution in [1.82, 2.24) is 20.1 Å². The molecule has 0 bridgehead atoms. The number of nitrogens with one attached hydrogen (secondary N) is 1. The molecule has 2 aromatic heterocycles. The van der Waals surface area contributed by atoms with E-state index in [-0.39, 0.29) is 11.4 Å². The SMILES string of the molecule is CN1CCN(c2ccc(F)c(Nc3cc(-c4ccc(C(=O)F)cc4)cnn3)n2)CC1. The fourth-order valence-electron chi connectivity index (χ4n) is 3.23. The van der Waals surface area contributed by atoms with Crippen molar-refractivity contribution in [2.75, 3.05) is 43.4 Å². The van der Waals surface area contributed by atoms with Gasteiger partial charge in [0, 0.05) is 31.7 Å². The van der Waals surface area contributed by atoms with Gasteiger partial charge in [-0.15, -0.1) is 5.10 Å². The van der Waals surface area contributed by atoms with E-state index < -0.39 is 11.9 Å². The van der Waals surface area contributed by atoms with E-state index in [4.69, 9.17) is 0 Å². The predicted molar refractivity (Wildman–Crippen MR) is 110 cm³/mol. The maximum absolute atomic E-state index is 14.4. The van der Waals surface area contributed by atoms with Crippen molar-refractivity contribution in [2.45, 2.75) is 0 Å². The first-order chi connectivity index (χ1) is 14.5. The van der Waals surface area contributed by atoms with E-state index in [0.717, 1.165) is 31.7 Å². The minimum absolute atomic E-state index is 0.0221. The largest absolute Gasteiger partial charge is 0.354 e. The van der Waals surface area contributed by atoms with Crippen LogP contribution >= 0.6 is 0 Å². The molecule has 0 atom stereocenters. The molecule has 7 nitrogen and oxygen atoms in total. The summed E-state index contributed by atoms with van der Waals surface area (Å²) in [6.07, 6.45) is 1.53. The van der Waals surface area contributed by atoms with Crippen LogP contribution in [0.25, 0.3) is 11.1 Å². The van der Waals surface area contributed by atoms with Gasteiger partial charge in [-0.05, 0) is 42.9 Å². The van der Waals surface area contributed by atoms with Gasteiger partial charge in [-0.2, -0.15) is 9.49 Å². The van der Waals surface area contributed by atoms with Crippen molar-refractivity contribution in [3.63, 3.8) is 0 Å². The van der Waals surface area contributed by atoms with Crippen LogP contribution in [0.5, 0.6) is 0 Å². The van der Waals surface area contributed by atoms with Gasteiger partial charge in [-0.3, -0.25) is 4.79 Å². The zero-order chi connectivity index (χ0) is 21.1. The Morgan fingerprint density at radius 1 is 1.03 bits per heavy atom. The van der Waals surface area contributed by atoms with E-state index in [1.807, 2.05) is 0 Å². The van der Waals surface area contributed by atoms with Crippen molar-refractivity contribution < 1.29 is 13.6 Å². The van der Waals surface area contributed by atoms with Crippen LogP contribution < -0.4 is 10.2 Å². The molecule has 3 heterocycles. The Bertz CT molecular complexity index is 1050. The number of rotatable bonds is 5. The molecule has 30 heavy (non-hydrogen) atoms. The Kier molecular flexibility index (Phi) is 5.62. The topological polar surface area (TPSA) is 74.2 Å². The number of hydrogen-bond donors (Lipinski definition) is 1. The molecule has 9 heteroatoms. The lowest BCUT2D eigenvalue weighted by Gasteiger charge is -2.33. The molecule has 0 radical (unpaired) electrons. The summed E-state index contributed by atoms with van der Waals surface area (Å²) in [6.45, 7) is 3.48. The van der Waals surface area contributed by atoms with Crippen LogP contribution in [0.2, 0.25) is 0 Å². The quantitative estimate of drug-likeness (QED) is 0.647. The van der Waals surface area contributed by atoms with E-state index in [1.54, 1.807) is 24.3 Å². The van der Waals surface area contributed by atoms with Crippen LogP contribution in [0.15, 0.2) is 48.7 Å². The van der Waals surface area contributed by atoms with Gasteiger partial charge < -0.3 is 15.1 Å². The van der Waals surface area contributed by atoms with Crippen molar-refractivity contribution >= 4 is 23.5 Å². The van der Waals surface area contributed by atoms with Gasteiger partial charge in [-0.1, -0.05) is 12.1 Å². The molecule has 1 aromatic carbocycles. The summed E-state index contributed by atoms with van der Waals surface area (Å²) in [5.74, 6) is 0.588. The number of anilines is 3. The second-order valence-corrected chi connectivity index (χ2v) is 7.10. The van der Waals surface area contributed by atoms with Gasteiger partial charge >= 0.3 is 6.04 Å². The van der Waals surface area contributed by atoms with Crippen molar-refractivity contribution in [3.8, 4) is 11.1 Å². The summed E-state index contributed by atoms with van der Waals surface area (Å²) in [6, 6.07) is 9.26. The van der Waals surface area contributed by atoms with Crippen LogP contribution in [-0.2, 0) is 0 Å². The van der Waals surface area contributed by atoms with E-state index in [1.165, 1.54) is 24.4 Å². The Balaban J connectivity index is 1.55. The molecule has 0 saturated carbocycles. The Labute approximate surface area is 172 Å². The number of benzene rings is 1. The Morgan fingerprint density at radius 3 is 2.47 bits per heavy atom. The van der Waals surface area contributed by atoms with Gasteiger partial charge in [0.2, 0.25) is 0 Å². The number of pyridine rings is 1. The van der Waals surface area contributed by atoms with Gasteiger partial charge in [0.25, 0.3) is 0 Å². The summed E-state index contributed by atoms with van der Waals surface area (Å²) in [4.78, 5) is 19.6. The highest BCUT2D eigenvalue weighted by Crippen LogP contribution is 2.25. The number of piperazine rings is 1. The lowest BCUT2D eigenvalue weighted by molar-refractivity contribution is 0.0836. The minimum atomic E-state index is -1.49. The third-order valence-corrected chi connectivity index (χ3v) is 5.00.